The lowest BCUT2D eigenvalue weighted by molar-refractivity contribution is -0.384. The lowest BCUT2D eigenvalue weighted by Crippen LogP contribution is -2.29. The average Bonchev–Trinajstić information content (AvgIpc) is 3.51. The summed E-state index contributed by atoms with van der Waals surface area (Å²) in [6.07, 6.45) is 2.14. The van der Waals surface area contributed by atoms with Crippen LogP contribution in [0.25, 0.3) is 5.76 Å². The zero-order valence-corrected chi connectivity index (χ0v) is 18.1. The minimum Gasteiger partial charge on any atom is -0.507 e. The van der Waals surface area contributed by atoms with Gasteiger partial charge >= 0.3 is 5.91 Å². The van der Waals surface area contributed by atoms with E-state index in [1.165, 1.54) is 29.3 Å². The highest BCUT2D eigenvalue weighted by atomic mass is 32.1. The maximum absolute atomic E-state index is 13.1. The number of benzene rings is 2. The number of non-ortho nitro benzene ring substituents is 1. The van der Waals surface area contributed by atoms with Crippen molar-refractivity contribution < 1.29 is 24.4 Å². The van der Waals surface area contributed by atoms with Crippen molar-refractivity contribution in [2.45, 2.75) is 25.5 Å². The Morgan fingerprint density at radius 1 is 1.27 bits per heavy atom. The van der Waals surface area contributed by atoms with Crippen LogP contribution in [0.15, 0.2) is 59.6 Å². The second-order valence-corrected chi connectivity index (χ2v) is 8.66. The zero-order chi connectivity index (χ0) is 23.3. The van der Waals surface area contributed by atoms with E-state index in [2.05, 4.69) is 4.98 Å². The third-order valence-corrected chi connectivity index (χ3v) is 6.41. The quantitative estimate of drug-likeness (QED) is 0.204. The average molecular weight is 463 g/mol. The molecule has 2 aliphatic heterocycles. The molecule has 5 rings (SSSR count). The monoisotopic (exact) mass is 463 g/mol. The number of amides is 1. The molecule has 1 fully saturated rings. The summed E-state index contributed by atoms with van der Waals surface area (Å²) < 4.78 is 5.70. The zero-order valence-electron chi connectivity index (χ0n) is 17.3. The standard InChI is InChI=1S/C23H17N3O6S/c1-12-9-15-10-14(5-6-17(15)32-12)20(27)18-19(13-3-2-4-16(11-13)26(30)31)25(22(29)21(18)28)23-24-7-8-33-23/h2-8,10-12,19,27H,9H2,1H3/t12-,19-/m1/s1. The number of aliphatic hydroxyl groups is 1. The summed E-state index contributed by atoms with van der Waals surface area (Å²) >= 11 is 1.15. The fourth-order valence-electron chi connectivity index (χ4n) is 4.21. The number of nitro benzene ring substituents is 1. The van der Waals surface area contributed by atoms with E-state index in [1.807, 2.05) is 6.92 Å². The van der Waals surface area contributed by atoms with Crippen LogP contribution in [-0.2, 0) is 16.0 Å². The van der Waals surface area contributed by atoms with Gasteiger partial charge in [-0.2, -0.15) is 0 Å². The Balaban J connectivity index is 1.70. The lowest BCUT2D eigenvalue weighted by Gasteiger charge is -2.22. The van der Waals surface area contributed by atoms with Crippen LogP contribution in [0.4, 0.5) is 10.8 Å². The van der Waals surface area contributed by atoms with E-state index in [0.717, 1.165) is 16.9 Å². The van der Waals surface area contributed by atoms with Gasteiger partial charge in [-0.1, -0.05) is 12.1 Å². The molecule has 0 radical (unpaired) electrons. The number of ether oxygens (including phenoxy) is 1. The molecule has 2 atom stereocenters. The van der Waals surface area contributed by atoms with Gasteiger partial charge in [0, 0.05) is 35.7 Å². The number of aromatic nitrogens is 1. The first-order valence-electron chi connectivity index (χ1n) is 10.1. The van der Waals surface area contributed by atoms with Crippen molar-refractivity contribution in [3.05, 3.63) is 86.4 Å². The van der Waals surface area contributed by atoms with Gasteiger partial charge in [-0.25, -0.2) is 4.98 Å². The fourth-order valence-corrected chi connectivity index (χ4v) is 4.88. The number of hydrogen-bond donors (Lipinski definition) is 1. The largest absolute Gasteiger partial charge is 0.507 e. The first-order chi connectivity index (χ1) is 15.8. The van der Waals surface area contributed by atoms with Crippen molar-refractivity contribution in [3.8, 4) is 5.75 Å². The van der Waals surface area contributed by atoms with Gasteiger partial charge in [-0.3, -0.25) is 24.6 Å². The number of anilines is 1. The Kier molecular flexibility index (Phi) is 4.94. The van der Waals surface area contributed by atoms with Gasteiger partial charge in [0.05, 0.1) is 16.5 Å². The summed E-state index contributed by atoms with van der Waals surface area (Å²) in [6, 6.07) is 9.66. The van der Waals surface area contributed by atoms with Gasteiger partial charge < -0.3 is 9.84 Å². The van der Waals surface area contributed by atoms with Crippen molar-refractivity contribution in [1.82, 2.24) is 4.98 Å². The number of fused-ring (bicyclic) bond motifs is 1. The Morgan fingerprint density at radius 3 is 2.82 bits per heavy atom. The molecule has 9 nitrogen and oxygen atoms in total. The number of nitro groups is 1. The Hall–Kier alpha value is -4.05. The second-order valence-electron chi connectivity index (χ2n) is 7.79. The summed E-state index contributed by atoms with van der Waals surface area (Å²) in [5, 5.41) is 24.5. The highest BCUT2D eigenvalue weighted by Gasteiger charge is 2.48. The van der Waals surface area contributed by atoms with Crippen LogP contribution in [-0.4, -0.2) is 32.8 Å². The summed E-state index contributed by atoms with van der Waals surface area (Å²) in [4.78, 5) is 42.3. The Bertz CT molecular complexity index is 1330. The van der Waals surface area contributed by atoms with Gasteiger partial charge in [0.2, 0.25) is 0 Å². The van der Waals surface area contributed by atoms with E-state index in [4.69, 9.17) is 4.74 Å². The molecule has 1 aromatic heterocycles. The smallest absolute Gasteiger partial charge is 0.301 e. The molecule has 1 N–H and O–H groups in total. The summed E-state index contributed by atoms with van der Waals surface area (Å²) in [6.45, 7) is 1.93. The van der Waals surface area contributed by atoms with Crippen molar-refractivity contribution in [2.75, 3.05) is 4.90 Å². The highest BCUT2D eigenvalue weighted by molar-refractivity contribution is 7.14. The Labute approximate surface area is 191 Å². The number of aliphatic hydroxyl groups excluding tert-OH is 1. The van der Waals surface area contributed by atoms with E-state index in [9.17, 15) is 24.8 Å². The number of thiazole rings is 1. The number of Topliss-reactive ketones (excluding diaryl/α,β-unsaturated/α-hetero) is 1. The minimum atomic E-state index is -1.07. The second kappa shape index (κ2) is 7.82. The van der Waals surface area contributed by atoms with Crippen LogP contribution >= 0.6 is 11.3 Å². The molecule has 0 unspecified atom stereocenters. The van der Waals surface area contributed by atoms with Gasteiger partial charge in [-0.05, 0) is 36.2 Å². The van der Waals surface area contributed by atoms with Crippen molar-refractivity contribution in [1.29, 1.82) is 0 Å². The SMILES string of the molecule is C[C@@H]1Cc2cc(C(O)=C3C(=O)C(=O)N(c4nccs4)[C@@H]3c3cccc([N+](=O)[O-])c3)ccc2O1. The lowest BCUT2D eigenvalue weighted by atomic mass is 9.94. The van der Waals surface area contributed by atoms with E-state index in [0.29, 0.717) is 23.3 Å². The maximum atomic E-state index is 13.1. The molecule has 0 saturated carbocycles. The number of nitrogens with zero attached hydrogens (tertiary/aromatic N) is 3. The van der Waals surface area contributed by atoms with Crippen LogP contribution in [0.3, 0.4) is 0 Å². The van der Waals surface area contributed by atoms with E-state index in [1.54, 1.807) is 29.6 Å². The van der Waals surface area contributed by atoms with Gasteiger partial charge in [0.1, 0.15) is 17.6 Å². The first-order valence-corrected chi connectivity index (χ1v) is 11.0. The van der Waals surface area contributed by atoms with Crippen LogP contribution in [0.5, 0.6) is 5.75 Å². The predicted molar refractivity (Wildman–Crippen MR) is 120 cm³/mol. The number of hydrogen-bond acceptors (Lipinski definition) is 8. The third-order valence-electron chi connectivity index (χ3n) is 5.64. The molecule has 3 aromatic rings. The fraction of sp³-hybridized carbons (Fsp3) is 0.174. The van der Waals surface area contributed by atoms with Crippen LogP contribution < -0.4 is 9.64 Å². The number of carbonyl (C=O) groups is 2. The summed E-state index contributed by atoms with van der Waals surface area (Å²) in [7, 11) is 0. The molecule has 1 saturated heterocycles. The molecule has 10 heteroatoms. The molecular weight excluding hydrogens is 446 g/mol. The van der Waals surface area contributed by atoms with Gasteiger partial charge in [0.25, 0.3) is 11.5 Å². The maximum Gasteiger partial charge on any atom is 0.301 e. The molecule has 3 heterocycles. The van der Waals surface area contributed by atoms with Crippen LogP contribution in [0.2, 0.25) is 0 Å². The molecule has 2 aliphatic rings. The topological polar surface area (TPSA) is 123 Å². The van der Waals surface area contributed by atoms with Gasteiger partial charge in [-0.15, -0.1) is 11.3 Å². The van der Waals surface area contributed by atoms with Crippen LogP contribution in [0, 0.1) is 10.1 Å². The van der Waals surface area contributed by atoms with Crippen LogP contribution in [0.1, 0.15) is 29.7 Å². The predicted octanol–water partition coefficient (Wildman–Crippen LogP) is 4.00. The number of carbonyl (C=O) groups excluding carboxylic acids is 2. The Morgan fingerprint density at radius 2 is 2.09 bits per heavy atom. The third kappa shape index (κ3) is 3.44. The van der Waals surface area contributed by atoms with E-state index in [-0.39, 0.29) is 28.3 Å². The molecule has 0 bridgehead atoms. The van der Waals surface area contributed by atoms with Crippen molar-refractivity contribution in [2.24, 2.45) is 0 Å². The molecule has 33 heavy (non-hydrogen) atoms. The molecule has 2 aromatic carbocycles. The summed E-state index contributed by atoms with van der Waals surface area (Å²) in [5.41, 5.74) is 1.22. The van der Waals surface area contributed by atoms with E-state index < -0.39 is 22.7 Å². The molecule has 1 amide bonds. The van der Waals surface area contributed by atoms with Gasteiger partial charge in [0.15, 0.2) is 5.13 Å². The normalized spacial score (nSPS) is 21.2. The van der Waals surface area contributed by atoms with E-state index >= 15 is 0 Å². The molecular formula is C23H17N3O6S. The minimum absolute atomic E-state index is 0.00209. The summed E-state index contributed by atoms with van der Waals surface area (Å²) in [5.74, 6) is -1.39. The number of rotatable bonds is 4. The number of ketones is 1. The highest BCUT2D eigenvalue weighted by Crippen LogP contribution is 2.43. The molecule has 0 spiro atoms. The molecule has 0 aliphatic carbocycles. The molecule has 166 valence electrons. The van der Waals surface area contributed by atoms with Crippen molar-refractivity contribution in [3.63, 3.8) is 0 Å². The first kappa shape index (κ1) is 20.8. The van der Waals surface area contributed by atoms with Crippen molar-refractivity contribution >= 4 is 39.6 Å².